The minimum absolute atomic E-state index is 0. The zero-order chi connectivity index (χ0) is 20.1. The molecule has 2 heterocycles. The minimum atomic E-state index is 0. The molecule has 2 N–H and O–H groups in total. The molecule has 0 unspecified atom stereocenters. The second-order valence-corrected chi connectivity index (χ2v) is 7.81. The lowest BCUT2D eigenvalue weighted by Crippen LogP contribution is -2.11. The molecule has 0 bridgehead atoms. The van der Waals surface area contributed by atoms with Gasteiger partial charge in [0.15, 0.2) is 11.4 Å². The number of aromatic nitrogens is 4. The van der Waals surface area contributed by atoms with Crippen molar-refractivity contribution in [3.63, 3.8) is 0 Å². The van der Waals surface area contributed by atoms with Gasteiger partial charge in [0.25, 0.3) is 0 Å². The van der Waals surface area contributed by atoms with Crippen LogP contribution < -0.4 is 10.5 Å². The molecule has 2 aromatic carbocycles. The Kier molecular flexibility index (Phi) is 5.49. The molecule has 1 aliphatic rings. The van der Waals surface area contributed by atoms with Gasteiger partial charge in [-0.15, -0.1) is 12.4 Å². The maximum Gasteiger partial charge on any atom is 0.164 e. The Hall–Kier alpha value is -2.54. The van der Waals surface area contributed by atoms with E-state index >= 15 is 0 Å². The van der Waals surface area contributed by atoms with Crippen molar-refractivity contribution < 1.29 is 4.74 Å². The zero-order valence-electron chi connectivity index (χ0n) is 16.0. The SMILES string of the molecule is COc1c(Cl)ccc(-c2nn(C3Cc4ccccc4C3)c3ncnc(N)c23)c1Cl.Cl. The number of hydrogen-bond donors (Lipinski definition) is 1. The first-order chi connectivity index (χ1) is 14.1. The smallest absolute Gasteiger partial charge is 0.164 e. The topological polar surface area (TPSA) is 78.8 Å². The van der Waals surface area contributed by atoms with E-state index in [1.165, 1.54) is 24.6 Å². The third kappa shape index (κ3) is 3.16. The average Bonchev–Trinajstić information content (AvgIpc) is 3.31. The van der Waals surface area contributed by atoms with Crippen molar-refractivity contribution >= 4 is 52.5 Å². The third-order valence-corrected chi connectivity index (χ3v) is 6.07. The van der Waals surface area contributed by atoms with Gasteiger partial charge >= 0.3 is 0 Å². The highest BCUT2D eigenvalue weighted by atomic mass is 35.5. The number of nitrogens with two attached hydrogens (primary N) is 1. The first kappa shape index (κ1) is 20.7. The molecule has 6 nitrogen and oxygen atoms in total. The number of anilines is 1. The molecule has 0 amide bonds. The van der Waals surface area contributed by atoms with Crippen LogP contribution in [0.4, 0.5) is 5.82 Å². The van der Waals surface area contributed by atoms with Gasteiger partial charge in [-0.3, -0.25) is 0 Å². The summed E-state index contributed by atoms with van der Waals surface area (Å²) < 4.78 is 7.31. The van der Waals surface area contributed by atoms with Crippen LogP contribution in [-0.2, 0) is 12.8 Å². The molecule has 5 rings (SSSR count). The quantitative estimate of drug-likeness (QED) is 0.455. The lowest BCUT2D eigenvalue weighted by atomic mass is 10.1. The predicted octanol–water partition coefficient (Wildman–Crippen LogP) is 5.15. The molecular weight excluding hydrogens is 445 g/mol. The number of hydrogen-bond acceptors (Lipinski definition) is 5. The molecule has 1 aliphatic carbocycles. The molecule has 30 heavy (non-hydrogen) atoms. The molecular formula is C21H18Cl3N5O. The van der Waals surface area contributed by atoms with Gasteiger partial charge in [0.1, 0.15) is 17.8 Å². The van der Waals surface area contributed by atoms with Crippen molar-refractivity contribution in [3.8, 4) is 17.0 Å². The van der Waals surface area contributed by atoms with Crippen molar-refractivity contribution in [2.45, 2.75) is 18.9 Å². The number of halogens is 3. The number of nitrogen functional groups attached to an aromatic ring is 1. The van der Waals surface area contributed by atoms with Crippen LogP contribution in [0.5, 0.6) is 5.75 Å². The molecule has 0 aliphatic heterocycles. The Morgan fingerprint density at radius 1 is 1.07 bits per heavy atom. The number of nitrogens with zero attached hydrogens (tertiary/aromatic N) is 4. The summed E-state index contributed by atoms with van der Waals surface area (Å²) in [5, 5.41) is 6.39. The van der Waals surface area contributed by atoms with Gasteiger partial charge in [0.05, 0.1) is 28.6 Å². The van der Waals surface area contributed by atoms with Crippen LogP contribution in [0.1, 0.15) is 17.2 Å². The van der Waals surface area contributed by atoms with Gasteiger partial charge in [0.2, 0.25) is 0 Å². The van der Waals surface area contributed by atoms with Crippen molar-refractivity contribution in [3.05, 3.63) is 63.9 Å². The number of fused-ring (bicyclic) bond motifs is 2. The van der Waals surface area contributed by atoms with E-state index < -0.39 is 0 Å². The first-order valence-corrected chi connectivity index (χ1v) is 9.92. The molecule has 9 heteroatoms. The normalized spacial score (nSPS) is 13.3. The monoisotopic (exact) mass is 461 g/mol. The summed E-state index contributed by atoms with van der Waals surface area (Å²) in [4.78, 5) is 8.67. The maximum absolute atomic E-state index is 6.60. The zero-order valence-corrected chi connectivity index (χ0v) is 18.3. The summed E-state index contributed by atoms with van der Waals surface area (Å²) in [7, 11) is 1.53. The average molecular weight is 463 g/mol. The van der Waals surface area contributed by atoms with Gasteiger partial charge in [-0.2, -0.15) is 5.10 Å². The van der Waals surface area contributed by atoms with Crippen LogP contribution in [0, 0.1) is 0 Å². The van der Waals surface area contributed by atoms with Crippen LogP contribution in [0.25, 0.3) is 22.3 Å². The molecule has 0 saturated heterocycles. The summed E-state index contributed by atoms with van der Waals surface area (Å²) in [6.07, 6.45) is 3.23. The highest BCUT2D eigenvalue weighted by Gasteiger charge is 2.28. The fraction of sp³-hybridized carbons (Fsp3) is 0.190. The van der Waals surface area contributed by atoms with Gasteiger partial charge < -0.3 is 10.5 Å². The standard InChI is InChI=1S/C21H17Cl2N5O.ClH/c1-29-19-15(22)7-6-14(17(19)23)18-16-20(24)25-10-26-21(16)28(27-18)13-8-11-4-2-3-5-12(11)9-13;/h2-7,10,13H,8-9H2,1H3,(H2,24,25,26);1H. The van der Waals surface area contributed by atoms with E-state index in [1.54, 1.807) is 6.07 Å². The Bertz CT molecular complexity index is 1230. The van der Waals surface area contributed by atoms with E-state index in [9.17, 15) is 0 Å². The van der Waals surface area contributed by atoms with Gasteiger partial charge in [-0.1, -0.05) is 47.5 Å². The summed E-state index contributed by atoms with van der Waals surface area (Å²) in [6, 6.07) is 12.1. The summed E-state index contributed by atoms with van der Waals surface area (Å²) in [5.41, 5.74) is 10.9. The van der Waals surface area contributed by atoms with Crippen LogP contribution in [0.15, 0.2) is 42.7 Å². The highest BCUT2D eigenvalue weighted by Crippen LogP contribution is 2.43. The van der Waals surface area contributed by atoms with E-state index in [2.05, 4.69) is 34.2 Å². The Labute approximate surface area is 189 Å². The minimum Gasteiger partial charge on any atom is -0.494 e. The molecule has 0 spiro atoms. The van der Waals surface area contributed by atoms with E-state index in [0.717, 1.165) is 12.8 Å². The Morgan fingerprint density at radius 3 is 2.43 bits per heavy atom. The van der Waals surface area contributed by atoms with Crippen LogP contribution in [-0.4, -0.2) is 26.9 Å². The Morgan fingerprint density at radius 2 is 1.77 bits per heavy atom. The summed E-state index contributed by atoms with van der Waals surface area (Å²) >= 11 is 12.8. The molecule has 0 atom stereocenters. The van der Waals surface area contributed by atoms with Gasteiger partial charge in [-0.25, -0.2) is 14.6 Å². The molecule has 154 valence electrons. The molecule has 0 saturated carbocycles. The van der Waals surface area contributed by atoms with Crippen molar-refractivity contribution in [1.29, 1.82) is 0 Å². The fourth-order valence-electron chi connectivity index (χ4n) is 4.05. The summed E-state index contributed by atoms with van der Waals surface area (Å²) in [5.74, 6) is 0.758. The second-order valence-electron chi connectivity index (χ2n) is 7.02. The number of benzene rings is 2. The largest absolute Gasteiger partial charge is 0.494 e. The lowest BCUT2D eigenvalue weighted by molar-refractivity contribution is 0.415. The predicted molar refractivity (Wildman–Crippen MR) is 122 cm³/mol. The van der Waals surface area contributed by atoms with Crippen molar-refractivity contribution in [2.75, 3.05) is 12.8 Å². The number of ether oxygens (including phenoxy) is 1. The summed E-state index contributed by atoms with van der Waals surface area (Å²) in [6.45, 7) is 0. The third-order valence-electron chi connectivity index (χ3n) is 5.40. The van der Waals surface area contributed by atoms with E-state index in [1.807, 2.05) is 10.7 Å². The van der Waals surface area contributed by atoms with E-state index in [0.29, 0.717) is 43.9 Å². The first-order valence-electron chi connectivity index (χ1n) is 9.16. The number of rotatable bonds is 3. The molecule has 0 radical (unpaired) electrons. The fourth-order valence-corrected chi connectivity index (χ4v) is 4.66. The number of methoxy groups -OCH3 is 1. The highest BCUT2D eigenvalue weighted by molar-refractivity contribution is 6.39. The van der Waals surface area contributed by atoms with Crippen LogP contribution in [0.2, 0.25) is 10.0 Å². The lowest BCUT2D eigenvalue weighted by Gasteiger charge is -2.11. The van der Waals surface area contributed by atoms with Crippen molar-refractivity contribution in [2.24, 2.45) is 0 Å². The maximum atomic E-state index is 6.60. The van der Waals surface area contributed by atoms with Gasteiger partial charge in [-0.05, 0) is 36.1 Å². The van der Waals surface area contributed by atoms with Crippen LogP contribution >= 0.6 is 35.6 Å². The van der Waals surface area contributed by atoms with E-state index in [-0.39, 0.29) is 18.4 Å². The van der Waals surface area contributed by atoms with Crippen LogP contribution in [0.3, 0.4) is 0 Å². The van der Waals surface area contributed by atoms with E-state index in [4.69, 9.17) is 38.8 Å². The Balaban J connectivity index is 0.00000218. The van der Waals surface area contributed by atoms with Crippen molar-refractivity contribution in [1.82, 2.24) is 19.7 Å². The molecule has 2 aromatic heterocycles. The van der Waals surface area contributed by atoms with Gasteiger partial charge in [0, 0.05) is 5.56 Å². The second kappa shape index (κ2) is 7.95. The molecule has 0 fully saturated rings. The molecule has 4 aromatic rings.